The molecule has 0 aliphatic rings. The standard InChI is InChI=1S/C43H29N/c1-28-16-22-41-39(24-28)37-14-7-15-38-40-27-36(21-23-42(40)44(41)43(37)38)35-13-6-12-34(26-35)33-11-5-10-32(25-33)31-19-17-30(18-20-31)29-8-3-2-4-9-29/h2-27H,1H3. The van der Waals surface area contributed by atoms with Crippen molar-refractivity contribution in [2.75, 3.05) is 0 Å². The quantitative estimate of drug-likeness (QED) is 0.202. The highest BCUT2D eigenvalue weighted by Gasteiger charge is 2.17. The third-order valence-corrected chi connectivity index (χ3v) is 9.19. The molecule has 2 aromatic heterocycles. The summed E-state index contributed by atoms with van der Waals surface area (Å²) in [7, 11) is 0. The van der Waals surface area contributed by atoms with Crippen molar-refractivity contribution in [3.8, 4) is 44.5 Å². The topological polar surface area (TPSA) is 4.41 Å². The molecule has 0 atom stereocenters. The van der Waals surface area contributed by atoms with Crippen LogP contribution in [0.5, 0.6) is 0 Å². The minimum Gasteiger partial charge on any atom is -0.308 e. The molecule has 0 spiro atoms. The zero-order valence-electron chi connectivity index (χ0n) is 24.5. The highest BCUT2D eigenvalue weighted by atomic mass is 14.9. The van der Waals surface area contributed by atoms with Crippen molar-refractivity contribution in [3.63, 3.8) is 0 Å². The summed E-state index contributed by atoms with van der Waals surface area (Å²) in [4.78, 5) is 0. The number of rotatable bonds is 4. The highest BCUT2D eigenvalue weighted by molar-refractivity contribution is 6.23. The Hall–Kier alpha value is -5.66. The van der Waals surface area contributed by atoms with E-state index in [1.54, 1.807) is 0 Å². The van der Waals surface area contributed by atoms with Gasteiger partial charge in [-0.25, -0.2) is 0 Å². The van der Waals surface area contributed by atoms with Crippen molar-refractivity contribution in [3.05, 3.63) is 163 Å². The average molecular weight is 560 g/mol. The van der Waals surface area contributed by atoms with Crippen LogP contribution in [0.1, 0.15) is 5.56 Å². The van der Waals surface area contributed by atoms with Gasteiger partial charge in [0.1, 0.15) is 0 Å². The minimum atomic E-state index is 1.22. The van der Waals surface area contributed by atoms with Gasteiger partial charge in [0.2, 0.25) is 0 Å². The van der Waals surface area contributed by atoms with Crippen LogP contribution in [0.3, 0.4) is 0 Å². The van der Waals surface area contributed by atoms with Gasteiger partial charge in [0.25, 0.3) is 0 Å². The molecule has 2 heterocycles. The molecule has 9 rings (SSSR count). The van der Waals surface area contributed by atoms with Gasteiger partial charge >= 0.3 is 0 Å². The molecule has 0 unspecified atom stereocenters. The second kappa shape index (κ2) is 9.69. The van der Waals surface area contributed by atoms with Crippen molar-refractivity contribution < 1.29 is 0 Å². The summed E-state index contributed by atoms with van der Waals surface area (Å²) in [5.74, 6) is 0. The molecule has 0 aliphatic carbocycles. The van der Waals surface area contributed by atoms with Crippen molar-refractivity contribution in [1.82, 2.24) is 4.40 Å². The first kappa shape index (κ1) is 24.9. The van der Waals surface area contributed by atoms with Crippen LogP contribution in [0.15, 0.2) is 158 Å². The Bertz CT molecular complexity index is 2480. The molecule has 0 radical (unpaired) electrons. The summed E-state index contributed by atoms with van der Waals surface area (Å²) in [6.45, 7) is 2.17. The molecule has 9 aromatic rings. The lowest BCUT2D eigenvalue weighted by molar-refractivity contribution is 1.36. The van der Waals surface area contributed by atoms with E-state index < -0.39 is 0 Å². The molecule has 44 heavy (non-hydrogen) atoms. The van der Waals surface area contributed by atoms with Crippen LogP contribution in [0, 0.1) is 6.92 Å². The number of fused-ring (bicyclic) bond motifs is 6. The van der Waals surface area contributed by atoms with E-state index in [-0.39, 0.29) is 0 Å². The summed E-state index contributed by atoms with van der Waals surface area (Å²) in [6, 6.07) is 57.8. The Kier molecular flexibility index (Phi) is 5.48. The molecule has 206 valence electrons. The Morgan fingerprint density at radius 1 is 0.318 bits per heavy atom. The van der Waals surface area contributed by atoms with Crippen LogP contribution < -0.4 is 0 Å². The van der Waals surface area contributed by atoms with E-state index in [0.29, 0.717) is 0 Å². The first-order chi connectivity index (χ1) is 21.7. The molecule has 1 heteroatoms. The van der Waals surface area contributed by atoms with Gasteiger partial charge < -0.3 is 4.40 Å². The predicted molar refractivity (Wildman–Crippen MR) is 188 cm³/mol. The monoisotopic (exact) mass is 559 g/mol. The van der Waals surface area contributed by atoms with E-state index in [1.807, 2.05) is 0 Å². The second-order valence-electron chi connectivity index (χ2n) is 11.9. The molecule has 1 nitrogen and oxygen atoms in total. The first-order valence-corrected chi connectivity index (χ1v) is 15.3. The van der Waals surface area contributed by atoms with Crippen LogP contribution in [-0.4, -0.2) is 4.40 Å². The maximum absolute atomic E-state index is 2.45. The third kappa shape index (κ3) is 3.87. The summed E-state index contributed by atoms with van der Waals surface area (Å²) in [5, 5.41) is 5.28. The normalized spacial score (nSPS) is 11.8. The molecule has 0 fully saturated rings. The van der Waals surface area contributed by atoms with Crippen LogP contribution in [0.2, 0.25) is 0 Å². The molecular formula is C43H29N. The van der Waals surface area contributed by atoms with E-state index in [2.05, 4.69) is 169 Å². The summed E-state index contributed by atoms with van der Waals surface area (Å²) >= 11 is 0. The van der Waals surface area contributed by atoms with E-state index >= 15 is 0 Å². The van der Waals surface area contributed by atoms with Gasteiger partial charge in [0.15, 0.2) is 0 Å². The van der Waals surface area contributed by atoms with E-state index in [4.69, 9.17) is 0 Å². The predicted octanol–water partition coefficient (Wildman–Crippen LogP) is 11.8. The molecule has 7 aromatic carbocycles. The Morgan fingerprint density at radius 3 is 1.39 bits per heavy atom. The molecular weight excluding hydrogens is 530 g/mol. The van der Waals surface area contributed by atoms with E-state index in [1.165, 1.54) is 88.2 Å². The number of aromatic nitrogens is 1. The zero-order chi connectivity index (χ0) is 29.2. The highest BCUT2D eigenvalue weighted by Crippen LogP contribution is 2.41. The fraction of sp³-hybridized carbons (Fsp3) is 0.0233. The first-order valence-electron chi connectivity index (χ1n) is 15.3. The zero-order valence-corrected chi connectivity index (χ0v) is 24.5. The number of benzene rings is 7. The Labute approximate surface area is 256 Å². The van der Waals surface area contributed by atoms with Gasteiger partial charge in [0, 0.05) is 21.5 Å². The van der Waals surface area contributed by atoms with Gasteiger partial charge in [-0.05, 0) is 87.8 Å². The lowest BCUT2D eigenvalue weighted by atomic mass is 9.95. The van der Waals surface area contributed by atoms with Crippen molar-refractivity contribution in [2.24, 2.45) is 0 Å². The van der Waals surface area contributed by atoms with Crippen molar-refractivity contribution in [1.29, 1.82) is 0 Å². The van der Waals surface area contributed by atoms with E-state index in [0.717, 1.165) is 0 Å². The minimum absolute atomic E-state index is 1.22. The van der Waals surface area contributed by atoms with Gasteiger partial charge in [-0.15, -0.1) is 0 Å². The molecule has 0 aliphatic heterocycles. The van der Waals surface area contributed by atoms with Crippen LogP contribution in [0.25, 0.3) is 82.6 Å². The fourth-order valence-electron chi connectivity index (χ4n) is 7.02. The maximum Gasteiger partial charge on any atom is 0.0620 e. The molecule has 0 amide bonds. The summed E-state index contributed by atoms with van der Waals surface area (Å²) in [5.41, 5.74) is 15.0. The van der Waals surface area contributed by atoms with Gasteiger partial charge in [-0.2, -0.15) is 0 Å². The van der Waals surface area contributed by atoms with Crippen molar-refractivity contribution >= 4 is 38.1 Å². The van der Waals surface area contributed by atoms with Gasteiger partial charge in [-0.1, -0.05) is 127 Å². The smallest absolute Gasteiger partial charge is 0.0620 e. The number of nitrogens with zero attached hydrogens (tertiary/aromatic N) is 1. The van der Waals surface area contributed by atoms with Gasteiger partial charge in [-0.3, -0.25) is 0 Å². The Balaban J connectivity index is 1.10. The van der Waals surface area contributed by atoms with Crippen LogP contribution in [-0.2, 0) is 0 Å². The number of para-hydroxylation sites is 1. The molecule has 0 N–H and O–H groups in total. The number of hydrogen-bond donors (Lipinski definition) is 0. The second-order valence-corrected chi connectivity index (χ2v) is 11.9. The molecule has 0 saturated carbocycles. The summed E-state index contributed by atoms with van der Waals surface area (Å²) < 4.78 is 2.45. The van der Waals surface area contributed by atoms with E-state index in [9.17, 15) is 0 Å². The fourth-order valence-corrected chi connectivity index (χ4v) is 7.02. The average Bonchev–Trinajstić information content (AvgIpc) is 3.60. The van der Waals surface area contributed by atoms with Crippen LogP contribution >= 0.6 is 0 Å². The summed E-state index contributed by atoms with van der Waals surface area (Å²) in [6.07, 6.45) is 0. The van der Waals surface area contributed by atoms with Crippen molar-refractivity contribution in [2.45, 2.75) is 6.92 Å². The van der Waals surface area contributed by atoms with Crippen LogP contribution in [0.4, 0.5) is 0 Å². The Morgan fingerprint density at radius 2 is 0.750 bits per heavy atom. The lowest BCUT2D eigenvalue weighted by Gasteiger charge is -2.10. The van der Waals surface area contributed by atoms with Gasteiger partial charge in [0.05, 0.1) is 16.6 Å². The molecule has 0 bridgehead atoms. The lowest BCUT2D eigenvalue weighted by Crippen LogP contribution is -1.85. The molecule has 0 saturated heterocycles. The SMILES string of the molecule is Cc1ccc2c(c1)c1cccc3c4cc(-c5cccc(-c6cccc(-c7ccc(-c8ccccc8)cc7)c6)c5)ccc4n2c13. The number of hydrogen-bond acceptors (Lipinski definition) is 0. The largest absolute Gasteiger partial charge is 0.308 e. The third-order valence-electron chi connectivity index (χ3n) is 9.19. The number of aryl methyl sites for hydroxylation is 1. The maximum atomic E-state index is 2.45.